The number of rotatable bonds is 3. The van der Waals surface area contributed by atoms with Gasteiger partial charge in [-0.1, -0.05) is 0 Å². The molecular formula is C19H23F2N5O. The summed E-state index contributed by atoms with van der Waals surface area (Å²) in [5.41, 5.74) is 1.29. The van der Waals surface area contributed by atoms with Gasteiger partial charge in [-0.2, -0.15) is 5.10 Å². The fourth-order valence-corrected chi connectivity index (χ4v) is 4.20. The summed E-state index contributed by atoms with van der Waals surface area (Å²) in [6, 6.07) is 4.28. The molecule has 144 valence electrons. The number of alkyl halides is 2. The van der Waals surface area contributed by atoms with E-state index in [4.69, 9.17) is 0 Å². The predicted molar refractivity (Wildman–Crippen MR) is 96.9 cm³/mol. The first-order valence-corrected chi connectivity index (χ1v) is 9.33. The van der Waals surface area contributed by atoms with E-state index in [0.29, 0.717) is 30.9 Å². The van der Waals surface area contributed by atoms with Crippen LogP contribution in [0.4, 0.5) is 14.6 Å². The van der Waals surface area contributed by atoms with Crippen molar-refractivity contribution in [1.82, 2.24) is 19.7 Å². The molecule has 1 amide bonds. The Bertz CT molecular complexity index is 810. The van der Waals surface area contributed by atoms with Crippen LogP contribution in [0.5, 0.6) is 0 Å². The van der Waals surface area contributed by atoms with Crippen LogP contribution in [0.25, 0.3) is 0 Å². The zero-order valence-corrected chi connectivity index (χ0v) is 15.2. The lowest BCUT2D eigenvalue weighted by Crippen LogP contribution is -2.48. The number of hydrogen-bond donors (Lipinski definition) is 1. The van der Waals surface area contributed by atoms with Gasteiger partial charge < -0.3 is 10.2 Å². The molecule has 0 saturated carbocycles. The molecule has 2 aromatic rings. The highest BCUT2D eigenvalue weighted by molar-refractivity contribution is 5.93. The van der Waals surface area contributed by atoms with Crippen molar-refractivity contribution in [3.63, 3.8) is 0 Å². The van der Waals surface area contributed by atoms with Crippen molar-refractivity contribution in [3.8, 4) is 0 Å². The second-order valence-electron chi connectivity index (χ2n) is 7.40. The molecule has 0 aromatic carbocycles. The van der Waals surface area contributed by atoms with Crippen molar-refractivity contribution in [2.75, 3.05) is 18.4 Å². The Labute approximate surface area is 156 Å². The monoisotopic (exact) mass is 375 g/mol. The number of halogens is 2. The Hall–Kier alpha value is -2.51. The molecule has 0 spiro atoms. The molecule has 2 aliphatic heterocycles. The van der Waals surface area contributed by atoms with Crippen LogP contribution in [0.1, 0.15) is 41.4 Å². The minimum atomic E-state index is -2.47. The Balaban J connectivity index is 1.51. The fraction of sp³-hybridized carbons (Fsp3) is 0.526. The third kappa shape index (κ3) is 3.52. The number of amides is 1. The smallest absolute Gasteiger partial charge is 0.260 e. The fourth-order valence-electron chi connectivity index (χ4n) is 4.20. The lowest BCUT2D eigenvalue weighted by atomic mass is 9.85. The summed E-state index contributed by atoms with van der Waals surface area (Å²) in [7, 11) is 0. The third-order valence-electron chi connectivity index (χ3n) is 5.51. The number of nitrogens with zero attached hydrogens (tertiary/aromatic N) is 4. The van der Waals surface area contributed by atoms with E-state index in [0.717, 1.165) is 18.5 Å². The maximum absolute atomic E-state index is 13.6. The molecular weight excluding hydrogens is 352 g/mol. The number of carbonyl (C=O) groups excluding carboxylic acids is 1. The average Bonchev–Trinajstić information content (AvgIpc) is 3.07. The first kappa shape index (κ1) is 17.9. The summed E-state index contributed by atoms with van der Waals surface area (Å²) in [5, 5.41) is 7.61. The van der Waals surface area contributed by atoms with Crippen LogP contribution in [0, 0.1) is 12.8 Å². The number of aryl methyl sites for hydroxylation is 1. The van der Waals surface area contributed by atoms with Crippen LogP contribution in [0.2, 0.25) is 0 Å². The number of nitrogens with one attached hydrogen (secondary N) is 1. The molecule has 2 aliphatic rings. The maximum Gasteiger partial charge on any atom is 0.260 e. The number of fused-ring (bicyclic) bond motifs is 1. The highest BCUT2D eigenvalue weighted by atomic mass is 19.3. The van der Waals surface area contributed by atoms with Crippen molar-refractivity contribution in [2.45, 2.75) is 44.7 Å². The van der Waals surface area contributed by atoms with Crippen molar-refractivity contribution in [2.24, 2.45) is 5.92 Å². The summed E-state index contributed by atoms with van der Waals surface area (Å²) in [4.78, 5) is 18.6. The molecule has 1 saturated heterocycles. The highest BCUT2D eigenvalue weighted by Gasteiger charge is 2.38. The number of carbonyl (C=O) groups is 1. The van der Waals surface area contributed by atoms with E-state index in [9.17, 15) is 13.6 Å². The predicted octanol–water partition coefficient (Wildman–Crippen LogP) is 3.13. The van der Waals surface area contributed by atoms with Crippen LogP contribution in [0.15, 0.2) is 30.6 Å². The Morgan fingerprint density at radius 2 is 2.26 bits per heavy atom. The van der Waals surface area contributed by atoms with Crippen molar-refractivity contribution in [1.29, 1.82) is 0 Å². The van der Waals surface area contributed by atoms with E-state index in [1.165, 1.54) is 4.68 Å². The van der Waals surface area contributed by atoms with Gasteiger partial charge in [-0.3, -0.25) is 9.78 Å². The minimum Gasteiger partial charge on any atom is -0.367 e. The summed E-state index contributed by atoms with van der Waals surface area (Å²) in [5.74, 6) is 0.726. The van der Waals surface area contributed by atoms with E-state index in [-0.39, 0.29) is 17.9 Å². The molecule has 1 N–H and O–H groups in total. The first-order valence-electron chi connectivity index (χ1n) is 9.33. The van der Waals surface area contributed by atoms with Gasteiger partial charge in [0.05, 0.1) is 11.3 Å². The number of aromatic nitrogens is 3. The van der Waals surface area contributed by atoms with Crippen LogP contribution in [-0.4, -0.2) is 51.1 Å². The second kappa shape index (κ2) is 7.25. The molecule has 27 heavy (non-hydrogen) atoms. The molecule has 4 heterocycles. The number of piperidine rings is 1. The maximum atomic E-state index is 13.6. The van der Waals surface area contributed by atoms with Crippen LogP contribution >= 0.6 is 0 Å². The van der Waals surface area contributed by atoms with E-state index in [2.05, 4.69) is 15.4 Å². The van der Waals surface area contributed by atoms with Crippen LogP contribution in [0.3, 0.4) is 0 Å². The van der Waals surface area contributed by atoms with Gasteiger partial charge in [0.15, 0.2) is 0 Å². The molecule has 2 aromatic heterocycles. The van der Waals surface area contributed by atoms with Gasteiger partial charge in [-0.15, -0.1) is 0 Å². The van der Waals surface area contributed by atoms with E-state index < -0.39 is 12.5 Å². The Morgan fingerprint density at radius 1 is 1.41 bits per heavy atom. The minimum absolute atomic E-state index is 0.0464. The molecule has 0 bridgehead atoms. The Morgan fingerprint density at radius 3 is 3.00 bits per heavy atom. The van der Waals surface area contributed by atoms with Gasteiger partial charge in [0, 0.05) is 37.6 Å². The van der Waals surface area contributed by atoms with Crippen molar-refractivity contribution >= 4 is 11.7 Å². The number of anilines is 1. The lowest BCUT2D eigenvalue weighted by Gasteiger charge is -2.41. The van der Waals surface area contributed by atoms with Gasteiger partial charge in [0.25, 0.3) is 12.3 Å². The van der Waals surface area contributed by atoms with Crippen LogP contribution < -0.4 is 5.32 Å². The quantitative estimate of drug-likeness (QED) is 0.895. The number of hydrogen-bond acceptors (Lipinski definition) is 4. The summed E-state index contributed by atoms with van der Waals surface area (Å²) >= 11 is 0. The summed E-state index contributed by atoms with van der Waals surface area (Å²) in [6.07, 6.45) is 2.83. The van der Waals surface area contributed by atoms with Crippen LogP contribution in [-0.2, 0) is 0 Å². The standard InChI is InChI=1S/C19H23F2N5O/c1-12-8-17-23-15(9-16(18(20)21)26(17)24-12)14-5-3-7-25(11-14)19(27)13-4-2-6-22-10-13/h2,4,6,8,10,14-16,18,23H,3,5,7,9,11H2,1H3/t14?,15-,16+/m0/s1. The Kier molecular flexibility index (Phi) is 4.80. The number of likely N-dealkylation sites (tertiary alicyclic amines) is 1. The van der Waals surface area contributed by atoms with Gasteiger partial charge >= 0.3 is 0 Å². The second-order valence-corrected chi connectivity index (χ2v) is 7.40. The zero-order valence-electron chi connectivity index (χ0n) is 15.2. The molecule has 3 atom stereocenters. The largest absolute Gasteiger partial charge is 0.367 e. The first-order chi connectivity index (χ1) is 13.0. The zero-order chi connectivity index (χ0) is 19.0. The summed E-state index contributed by atoms with van der Waals surface area (Å²) < 4.78 is 28.6. The van der Waals surface area contributed by atoms with Gasteiger partial charge in [0.1, 0.15) is 11.9 Å². The van der Waals surface area contributed by atoms with E-state index in [1.807, 2.05) is 11.0 Å². The topological polar surface area (TPSA) is 63.1 Å². The molecule has 1 fully saturated rings. The van der Waals surface area contributed by atoms with E-state index in [1.54, 1.807) is 31.5 Å². The molecule has 4 rings (SSSR count). The number of pyridine rings is 1. The van der Waals surface area contributed by atoms with Gasteiger partial charge in [-0.05, 0) is 44.2 Å². The van der Waals surface area contributed by atoms with Gasteiger partial charge in [0.2, 0.25) is 0 Å². The molecule has 6 nitrogen and oxygen atoms in total. The highest BCUT2D eigenvalue weighted by Crippen LogP contribution is 2.36. The normalized spacial score (nSPS) is 25.2. The van der Waals surface area contributed by atoms with Crippen molar-refractivity contribution in [3.05, 3.63) is 41.9 Å². The molecule has 8 heteroatoms. The lowest BCUT2D eigenvalue weighted by molar-refractivity contribution is 0.0505. The SMILES string of the molecule is Cc1cc2n(n1)[C@@H](C(F)F)C[C@@H](C1CCCN(C(=O)c3cccnc3)C1)N2. The molecule has 1 unspecified atom stereocenters. The molecule has 0 radical (unpaired) electrons. The molecule has 0 aliphatic carbocycles. The average molecular weight is 375 g/mol. The van der Waals surface area contributed by atoms with Crippen molar-refractivity contribution < 1.29 is 13.6 Å². The third-order valence-corrected chi connectivity index (χ3v) is 5.51. The van der Waals surface area contributed by atoms with E-state index >= 15 is 0 Å². The van der Waals surface area contributed by atoms with Gasteiger partial charge in [-0.25, -0.2) is 13.5 Å². The summed E-state index contributed by atoms with van der Waals surface area (Å²) in [6.45, 7) is 3.06.